The van der Waals surface area contributed by atoms with Gasteiger partial charge in [0.25, 0.3) is 0 Å². The van der Waals surface area contributed by atoms with Crippen LogP contribution in [0.25, 0.3) is 0 Å². The van der Waals surface area contributed by atoms with Gasteiger partial charge in [0, 0.05) is 38.6 Å². The average Bonchev–Trinajstić information content (AvgIpc) is 3.30. The summed E-state index contributed by atoms with van der Waals surface area (Å²) < 4.78 is 11.4. The number of carbonyl (C=O) groups is 3. The van der Waals surface area contributed by atoms with Crippen molar-refractivity contribution >= 4 is 23.5 Å². The van der Waals surface area contributed by atoms with Gasteiger partial charge in [0.1, 0.15) is 5.60 Å². The van der Waals surface area contributed by atoms with Crippen molar-refractivity contribution in [2.24, 2.45) is 0 Å². The molecule has 2 aliphatic rings. The molecule has 0 aromatic heterocycles. The number of hydrogen-bond donors (Lipinski definition) is 0. The molecule has 0 aliphatic carbocycles. The number of ketones is 1. The zero-order chi connectivity index (χ0) is 26.6. The molecule has 198 valence electrons. The van der Waals surface area contributed by atoms with Gasteiger partial charge < -0.3 is 19.3 Å². The molecule has 1 unspecified atom stereocenters. The molecule has 37 heavy (non-hydrogen) atoms. The normalized spacial score (nSPS) is 15.4. The molecule has 0 spiro atoms. The number of aryl methyl sites for hydroxylation is 1. The third-order valence-corrected chi connectivity index (χ3v) is 6.93. The minimum atomic E-state index is -0.597. The minimum absolute atomic E-state index is 0.109. The van der Waals surface area contributed by atoms with Gasteiger partial charge in [-0.25, -0.2) is 4.79 Å². The van der Waals surface area contributed by atoms with Crippen molar-refractivity contribution in [3.8, 4) is 0 Å². The summed E-state index contributed by atoms with van der Waals surface area (Å²) in [7, 11) is 1.64. The monoisotopic (exact) mass is 506 g/mol. The van der Waals surface area contributed by atoms with E-state index < -0.39 is 5.60 Å². The van der Waals surface area contributed by atoms with Gasteiger partial charge >= 0.3 is 6.09 Å². The maximum absolute atomic E-state index is 13.1. The minimum Gasteiger partial charge on any atom is -0.444 e. The second kappa shape index (κ2) is 11.5. The van der Waals surface area contributed by atoms with Crippen LogP contribution in [0.5, 0.6) is 0 Å². The number of hydrogen-bond acceptors (Lipinski definition) is 5. The molecule has 0 radical (unpaired) electrons. The van der Waals surface area contributed by atoms with Gasteiger partial charge in [0.15, 0.2) is 5.78 Å². The van der Waals surface area contributed by atoms with Crippen molar-refractivity contribution in [2.45, 2.75) is 77.5 Å². The van der Waals surface area contributed by atoms with Crippen molar-refractivity contribution in [1.29, 1.82) is 0 Å². The fourth-order valence-electron chi connectivity index (χ4n) is 5.12. The number of nitrogens with zero attached hydrogens (tertiary/aromatic N) is 2. The molecule has 7 nitrogen and oxygen atoms in total. The summed E-state index contributed by atoms with van der Waals surface area (Å²) >= 11 is 0. The van der Waals surface area contributed by atoms with Crippen molar-refractivity contribution in [3.05, 3.63) is 64.7 Å². The standard InChI is InChI=1S/C30H38N2O5/c1-30(2,3)37-29(35)31(19-21-9-6-5-7-10-21)20-25(36-4)11-8-12-26(33)24-17-22-13-14-27(34)32-16-15-23(18-24)28(22)32/h5-7,9-10,17-18,25H,8,11-16,19-20H2,1-4H3. The number of methoxy groups -OCH3 is 1. The molecular weight excluding hydrogens is 468 g/mol. The lowest BCUT2D eigenvalue weighted by Gasteiger charge is -2.30. The second-order valence-corrected chi connectivity index (χ2v) is 11.0. The summed E-state index contributed by atoms with van der Waals surface area (Å²) in [5, 5.41) is 0. The van der Waals surface area contributed by atoms with Crippen LogP contribution >= 0.6 is 0 Å². The van der Waals surface area contributed by atoms with Crippen LogP contribution in [-0.4, -0.2) is 54.6 Å². The Bertz CT molecular complexity index is 1140. The fraction of sp³-hybridized carbons (Fsp3) is 0.500. The van der Waals surface area contributed by atoms with Crippen LogP contribution in [0, 0.1) is 0 Å². The van der Waals surface area contributed by atoms with E-state index in [9.17, 15) is 14.4 Å². The molecule has 2 heterocycles. The zero-order valence-electron chi connectivity index (χ0n) is 22.4. The van der Waals surface area contributed by atoms with E-state index in [2.05, 4.69) is 0 Å². The number of amides is 2. The summed E-state index contributed by atoms with van der Waals surface area (Å²) in [6.45, 7) is 7.08. The van der Waals surface area contributed by atoms with Crippen LogP contribution in [0.1, 0.15) is 73.5 Å². The van der Waals surface area contributed by atoms with Crippen LogP contribution in [0.15, 0.2) is 42.5 Å². The molecule has 7 heteroatoms. The van der Waals surface area contributed by atoms with Gasteiger partial charge in [-0.3, -0.25) is 9.59 Å². The summed E-state index contributed by atoms with van der Waals surface area (Å²) in [4.78, 5) is 41.7. The first-order valence-electron chi connectivity index (χ1n) is 13.2. The summed E-state index contributed by atoms with van der Waals surface area (Å²) in [5.74, 6) is 0.293. The van der Waals surface area contributed by atoms with E-state index >= 15 is 0 Å². The Labute approximate surface area is 219 Å². The van der Waals surface area contributed by atoms with Crippen molar-refractivity contribution in [1.82, 2.24) is 4.90 Å². The van der Waals surface area contributed by atoms with Crippen LogP contribution < -0.4 is 4.90 Å². The number of Topliss-reactive ketones (excluding diaryl/α,β-unsaturated/α-hetero) is 1. The Morgan fingerprint density at radius 3 is 2.43 bits per heavy atom. The first kappa shape index (κ1) is 26.9. The average molecular weight is 507 g/mol. The highest BCUT2D eigenvalue weighted by molar-refractivity contribution is 6.02. The smallest absolute Gasteiger partial charge is 0.410 e. The molecule has 0 saturated heterocycles. The molecule has 0 N–H and O–H groups in total. The first-order chi connectivity index (χ1) is 17.6. The van der Waals surface area contributed by atoms with E-state index in [1.54, 1.807) is 12.0 Å². The van der Waals surface area contributed by atoms with Crippen LogP contribution in [0.4, 0.5) is 10.5 Å². The van der Waals surface area contributed by atoms with Gasteiger partial charge in [-0.05, 0) is 75.3 Å². The molecule has 2 aromatic carbocycles. The highest BCUT2D eigenvalue weighted by atomic mass is 16.6. The van der Waals surface area contributed by atoms with E-state index in [-0.39, 0.29) is 23.9 Å². The maximum Gasteiger partial charge on any atom is 0.410 e. The fourth-order valence-corrected chi connectivity index (χ4v) is 5.12. The number of anilines is 1. The molecule has 0 saturated carbocycles. The highest BCUT2D eigenvalue weighted by Crippen LogP contribution is 2.37. The summed E-state index contributed by atoms with van der Waals surface area (Å²) in [6, 6.07) is 13.8. The number of ether oxygens (including phenoxy) is 2. The van der Waals surface area contributed by atoms with E-state index in [0.29, 0.717) is 51.7 Å². The topological polar surface area (TPSA) is 76.2 Å². The Morgan fingerprint density at radius 1 is 1.05 bits per heavy atom. The molecule has 0 fully saturated rings. The van der Waals surface area contributed by atoms with Crippen molar-refractivity contribution in [2.75, 3.05) is 25.1 Å². The predicted molar refractivity (Wildman–Crippen MR) is 143 cm³/mol. The predicted octanol–water partition coefficient (Wildman–Crippen LogP) is 5.33. The summed E-state index contributed by atoms with van der Waals surface area (Å²) in [5.41, 5.74) is 4.41. The first-order valence-corrected chi connectivity index (χ1v) is 13.2. The lowest BCUT2D eigenvalue weighted by Crippen LogP contribution is -2.41. The van der Waals surface area contributed by atoms with Gasteiger partial charge in [-0.2, -0.15) is 0 Å². The lowest BCUT2D eigenvalue weighted by molar-refractivity contribution is -0.118. The Morgan fingerprint density at radius 2 is 1.76 bits per heavy atom. The van der Waals surface area contributed by atoms with Gasteiger partial charge in [-0.15, -0.1) is 0 Å². The van der Waals surface area contributed by atoms with E-state index in [0.717, 1.165) is 34.4 Å². The van der Waals surface area contributed by atoms with Gasteiger partial charge in [-0.1, -0.05) is 30.3 Å². The van der Waals surface area contributed by atoms with Crippen molar-refractivity contribution < 1.29 is 23.9 Å². The SMILES string of the molecule is COC(CCCC(=O)c1cc2c3c(c1)CCN3C(=O)CC2)CN(Cc1ccccc1)C(=O)OC(C)(C)C. The molecule has 2 amide bonds. The quantitative estimate of drug-likeness (QED) is 0.407. The number of carbonyl (C=O) groups excluding carboxylic acids is 3. The third kappa shape index (κ3) is 6.77. The largest absolute Gasteiger partial charge is 0.444 e. The molecule has 0 bridgehead atoms. The van der Waals surface area contributed by atoms with Gasteiger partial charge in [0.2, 0.25) is 5.91 Å². The Hall–Kier alpha value is -3.19. The molecule has 2 aliphatic heterocycles. The number of rotatable bonds is 10. The third-order valence-electron chi connectivity index (χ3n) is 6.93. The van der Waals surface area contributed by atoms with E-state index in [1.807, 2.05) is 68.1 Å². The highest BCUT2D eigenvalue weighted by Gasteiger charge is 2.32. The van der Waals surface area contributed by atoms with E-state index in [1.165, 1.54) is 0 Å². The van der Waals surface area contributed by atoms with E-state index in [4.69, 9.17) is 9.47 Å². The number of benzene rings is 2. The zero-order valence-corrected chi connectivity index (χ0v) is 22.4. The summed E-state index contributed by atoms with van der Waals surface area (Å²) in [6.07, 6.45) is 3.13. The Balaban J connectivity index is 1.36. The molecule has 1 atom stereocenters. The van der Waals surface area contributed by atoms with Crippen LogP contribution in [0.3, 0.4) is 0 Å². The lowest BCUT2D eigenvalue weighted by atomic mass is 9.94. The maximum atomic E-state index is 13.1. The molecule has 2 aromatic rings. The van der Waals surface area contributed by atoms with Crippen molar-refractivity contribution in [3.63, 3.8) is 0 Å². The molecular formula is C30H38N2O5. The second-order valence-electron chi connectivity index (χ2n) is 11.0. The van der Waals surface area contributed by atoms with Gasteiger partial charge in [0.05, 0.1) is 18.3 Å². The van der Waals surface area contributed by atoms with Crippen LogP contribution in [0.2, 0.25) is 0 Å². The Kier molecular flexibility index (Phi) is 8.32. The van der Waals surface area contributed by atoms with Crippen LogP contribution in [-0.2, 0) is 33.7 Å². The molecule has 4 rings (SSSR count).